The molecule has 2 aromatic rings. The number of benzene rings is 1. The molecule has 0 N–H and O–H groups in total. The smallest absolute Gasteiger partial charge is 0.269 e. The fraction of sp³-hybridized carbons (Fsp3) is 0.385. The summed E-state index contributed by atoms with van der Waals surface area (Å²) in [6.07, 6.45) is 1.70. The average Bonchev–Trinajstić information content (AvgIpc) is 2.87. The van der Waals surface area contributed by atoms with Crippen molar-refractivity contribution in [3.05, 3.63) is 46.3 Å². The molecule has 0 saturated heterocycles. The lowest BCUT2D eigenvalue weighted by Crippen LogP contribution is -2.02. The van der Waals surface area contributed by atoms with Gasteiger partial charge >= 0.3 is 0 Å². The molecule has 0 radical (unpaired) electrons. The Morgan fingerprint density at radius 3 is 2.75 bits per heavy atom. The Kier molecular flexibility index (Phi) is 4.39. The number of non-ortho nitro benzene ring substituents is 1. The first-order valence-electron chi connectivity index (χ1n) is 6.29. The predicted octanol–water partition coefficient (Wildman–Crippen LogP) is 3.62. The van der Waals surface area contributed by atoms with Crippen LogP contribution >= 0.6 is 11.8 Å². The molecule has 20 heavy (non-hydrogen) atoms. The third-order valence-electron chi connectivity index (χ3n) is 2.93. The zero-order valence-corrected chi connectivity index (χ0v) is 12.4. The average molecular weight is 292 g/mol. The highest BCUT2D eigenvalue weighted by Gasteiger charge is 2.16. The Morgan fingerprint density at radius 1 is 1.35 bits per heavy atom. The third kappa shape index (κ3) is 3.16. The Morgan fingerprint density at radius 2 is 2.10 bits per heavy atom. The second-order valence-electron chi connectivity index (χ2n) is 4.73. The van der Waals surface area contributed by atoms with Crippen molar-refractivity contribution in [2.45, 2.75) is 37.2 Å². The van der Waals surface area contributed by atoms with Crippen LogP contribution in [0.5, 0.6) is 0 Å². The van der Waals surface area contributed by atoms with E-state index in [-0.39, 0.29) is 21.9 Å². The number of nitro benzene ring substituents is 1. The zero-order valence-electron chi connectivity index (χ0n) is 11.6. The van der Waals surface area contributed by atoms with E-state index >= 15 is 0 Å². The van der Waals surface area contributed by atoms with Crippen molar-refractivity contribution >= 4 is 17.4 Å². The first-order chi connectivity index (χ1) is 9.49. The van der Waals surface area contributed by atoms with Gasteiger partial charge in [-0.2, -0.15) is 0 Å². The molecular formula is C13H16N4O2S. The van der Waals surface area contributed by atoms with E-state index in [1.807, 2.05) is 17.6 Å². The summed E-state index contributed by atoms with van der Waals surface area (Å²) in [5.74, 6) is 0. The Labute approximate surface area is 121 Å². The molecule has 0 saturated carbocycles. The van der Waals surface area contributed by atoms with Crippen LogP contribution in [-0.2, 0) is 0 Å². The molecule has 0 aliphatic rings. The molecule has 0 spiro atoms. The van der Waals surface area contributed by atoms with Gasteiger partial charge in [0, 0.05) is 23.4 Å². The van der Waals surface area contributed by atoms with Crippen LogP contribution in [0.25, 0.3) is 0 Å². The molecule has 0 aliphatic heterocycles. The Bertz CT molecular complexity index is 612. The molecule has 1 aromatic carbocycles. The monoisotopic (exact) mass is 292 g/mol. The van der Waals surface area contributed by atoms with Crippen LogP contribution < -0.4 is 0 Å². The number of rotatable bonds is 5. The summed E-state index contributed by atoms with van der Waals surface area (Å²) in [5.41, 5.74) is 1.02. The van der Waals surface area contributed by atoms with E-state index in [4.69, 9.17) is 0 Å². The summed E-state index contributed by atoms with van der Waals surface area (Å²) in [6.45, 7) is 6.12. The van der Waals surface area contributed by atoms with Gasteiger partial charge in [0.2, 0.25) is 0 Å². The summed E-state index contributed by atoms with van der Waals surface area (Å²) in [4.78, 5) is 10.4. The quantitative estimate of drug-likeness (QED) is 0.478. The highest BCUT2D eigenvalue weighted by atomic mass is 32.2. The second-order valence-corrected chi connectivity index (χ2v) is 6.03. The topological polar surface area (TPSA) is 73.8 Å². The van der Waals surface area contributed by atoms with E-state index in [0.29, 0.717) is 0 Å². The predicted molar refractivity (Wildman–Crippen MR) is 77.8 cm³/mol. The molecule has 1 atom stereocenters. The van der Waals surface area contributed by atoms with Crippen molar-refractivity contribution in [2.24, 2.45) is 0 Å². The van der Waals surface area contributed by atoms with Crippen LogP contribution in [0.15, 0.2) is 35.7 Å². The summed E-state index contributed by atoms with van der Waals surface area (Å²) in [7, 11) is 0. The Hall–Kier alpha value is -1.89. The fourth-order valence-electron chi connectivity index (χ4n) is 1.79. The molecule has 7 heteroatoms. The SMILES string of the molecule is CC(C)n1cnnc1S[C@@H](C)c1cccc([N+](=O)[O-])c1. The lowest BCUT2D eigenvalue weighted by Gasteiger charge is -2.13. The van der Waals surface area contributed by atoms with Gasteiger partial charge in [0.25, 0.3) is 5.69 Å². The summed E-state index contributed by atoms with van der Waals surface area (Å²) in [5, 5.41) is 19.7. The lowest BCUT2D eigenvalue weighted by atomic mass is 10.1. The van der Waals surface area contributed by atoms with Crippen LogP contribution in [0.4, 0.5) is 5.69 Å². The molecule has 2 rings (SSSR count). The third-order valence-corrected chi connectivity index (χ3v) is 4.06. The molecule has 0 unspecified atom stereocenters. The number of hydrogen-bond donors (Lipinski definition) is 0. The van der Waals surface area contributed by atoms with Crippen molar-refractivity contribution in [2.75, 3.05) is 0 Å². The molecule has 0 aliphatic carbocycles. The molecular weight excluding hydrogens is 276 g/mol. The van der Waals surface area contributed by atoms with E-state index in [2.05, 4.69) is 24.0 Å². The van der Waals surface area contributed by atoms with Crippen LogP contribution in [0, 0.1) is 10.1 Å². The molecule has 1 aromatic heterocycles. The first kappa shape index (κ1) is 14.5. The normalized spacial score (nSPS) is 12.6. The number of thioether (sulfide) groups is 1. The minimum absolute atomic E-state index is 0.0663. The maximum Gasteiger partial charge on any atom is 0.269 e. The fourth-order valence-corrected chi connectivity index (χ4v) is 2.86. The molecule has 0 bridgehead atoms. The van der Waals surface area contributed by atoms with Crippen molar-refractivity contribution in [1.29, 1.82) is 0 Å². The van der Waals surface area contributed by atoms with Gasteiger partial charge < -0.3 is 4.57 Å². The highest BCUT2D eigenvalue weighted by molar-refractivity contribution is 7.99. The van der Waals surface area contributed by atoms with Crippen LogP contribution in [0.2, 0.25) is 0 Å². The van der Waals surface area contributed by atoms with Gasteiger partial charge in [-0.3, -0.25) is 10.1 Å². The molecule has 6 nitrogen and oxygen atoms in total. The van der Waals surface area contributed by atoms with E-state index in [9.17, 15) is 10.1 Å². The Balaban J connectivity index is 2.19. The van der Waals surface area contributed by atoms with Gasteiger partial charge in [-0.05, 0) is 26.3 Å². The van der Waals surface area contributed by atoms with E-state index in [1.165, 1.54) is 6.07 Å². The van der Waals surface area contributed by atoms with Gasteiger partial charge in [0.1, 0.15) is 6.33 Å². The zero-order chi connectivity index (χ0) is 14.7. The van der Waals surface area contributed by atoms with Crippen LogP contribution in [0.1, 0.15) is 37.6 Å². The van der Waals surface area contributed by atoms with Crippen LogP contribution in [-0.4, -0.2) is 19.7 Å². The number of aromatic nitrogens is 3. The van der Waals surface area contributed by atoms with Crippen molar-refractivity contribution in [3.8, 4) is 0 Å². The maximum atomic E-state index is 10.8. The van der Waals surface area contributed by atoms with E-state index < -0.39 is 0 Å². The summed E-state index contributed by atoms with van der Waals surface area (Å²) >= 11 is 1.55. The lowest BCUT2D eigenvalue weighted by molar-refractivity contribution is -0.384. The molecule has 0 fully saturated rings. The number of hydrogen-bond acceptors (Lipinski definition) is 5. The maximum absolute atomic E-state index is 10.8. The molecule has 0 amide bonds. The molecule has 106 valence electrons. The van der Waals surface area contributed by atoms with Gasteiger partial charge in [0.05, 0.1) is 4.92 Å². The largest absolute Gasteiger partial charge is 0.306 e. The minimum Gasteiger partial charge on any atom is -0.306 e. The van der Waals surface area contributed by atoms with Gasteiger partial charge in [-0.1, -0.05) is 23.9 Å². The number of nitrogens with zero attached hydrogens (tertiary/aromatic N) is 4. The summed E-state index contributed by atoms with van der Waals surface area (Å²) in [6, 6.07) is 6.98. The highest BCUT2D eigenvalue weighted by Crippen LogP contribution is 2.35. The number of nitro groups is 1. The van der Waals surface area contributed by atoms with Gasteiger partial charge in [0.15, 0.2) is 5.16 Å². The van der Waals surface area contributed by atoms with Crippen molar-refractivity contribution < 1.29 is 4.92 Å². The van der Waals surface area contributed by atoms with Crippen molar-refractivity contribution in [3.63, 3.8) is 0 Å². The standard InChI is InChI=1S/C13H16N4O2S/c1-9(2)16-8-14-15-13(16)20-10(3)11-5-4-6-12(7-11)17(18)19/h4-10H,1-3H3/t10-/m0/s1. The first-order valence-corrected chi connectivity index (χ1v) is 7.17. The van der Waals surface area contributed by atoms with Crippen LogP contribution in [0.3, 0.4) is 0 Å². The van der Waals surface area contributed by atoms with Gasteiger partial charge in [-0.25, -0.2) is 0 Å². The molecule has 1 heterocycles. The second kappa shape index (κ2) is 6.04. The van der Waals surface area contributed by atoms with Crippen molar-refractivity contribution in [1.82, 2.24) is 14.8 Å². The summed E-state index contributed by atoms with van der Waals surface area (Å²) < 4.78 is 1.98. The minimum atomic E-state index is -0.377. The van der Waals surface area contributed by atoms with E-state index in [1.54, 1.807) is 30.2 Å². The van der Waals surface area contributed by atoms with Gasteiger partial charge in [-0.15, -0.1) is 10.2 Å². The van der Waals surface area contributed by atoms with E-state index in [0.717, 1.165) is 10.7 Å².